The van der Waals surface area contributed by atoms with Gasteiger partial charge < -0.3 is 19.6 Å². The quantitative estimate of drug-likeness (QED) is 0.434. The second-order valence-electron chi connectivity index (χ2n) is 6.99. The minimum Gasteiger partial charge on any atom is -0.364 e. The molecular formula is C21H21N5O4S. The first-order chi connectivity index (χ1) is 15.0. The van der Waals surface area contributed by atoms with Crippen molar-refractivity contribution in [1.29, 1.82) is 0 Å². The molecule has 0 bridgehead atoms. The summed E-state index contributed by atoms with van der Waals surface area (Å²) in [6.07, 6.45) is 0.746. The van der Waals surface area contributed by atoms with Gasteiger partial charge in [-0.25, -0.2) is 9.97 Å². The van der Waals surface area contributed by atoms with Gasteiger partial charge in [0, 0.05) is 6.54 Å². The van der Waals surface area contributed by atoms with Gasteiger partial charge in [-0.2, -0.15) is 0 Å². The Hall–Kier alpha value is -3.37. The van der Waals surface area contributed by atoms with E-state index in [4.69, 9.17) is 4.74 Å². The van der Waals surface area contributed by atoms with Crippen molar-refractivity contribution in [3.8, 4) is 0 Å². The summed E-state index contributed by atoms with van der Waals surface area (Å²) in [7, 11) is 0. The number of amides is 1. The van der Waals surface area contributed by atoms with E-state index in [-0.39, 0.29) is 36.8 Å². The molecule has 3 aromatic heterocycles. The van der Waals surface area contributed by atoms with Crippen LogP contribution in [0.2, 0.25) is 0 Å². The zero-order chi connectivity index (χ0) is 21.8. The second-order valence-corrected chi connectivity index (χ2v) is 7.90. The Balaban J connectivity index is 1.41. The lowest BCUT2D eigenvalue weighted by molar-refractivity contribution is -0.137. The molecule has 0 spiro atoms. The standard InChI is InChI=1S/C21H21N5O4S/c1-2-8-26(10-16-23-15-7-9-31-19(15)21(29)24-16)18(27)12-30-11-17-22-14-6-4-3-5-13(14)20(28)25-17/h3-7,9H,2,8,10-12H2,1H3,(H,22,25,28)(H,23,24,29). The zero-order valence-electron chi connectivity index (χ0n) is 16.9. The van der Waals surface area contributed by atoms with Crippen LogP contribution in [0.3, 0.4) is 0 Å². The molecule has 0 unspecified atom stereocenters. The van der Waals surface area contributed by atoms with E-state index in [1.54, 1.807) is 35.2 Å². The summed E-state index contributed by atoms with van der Waals surface area (Å²) in [5.41, 5.74) is 0.737. The molecule has 3 heterocycles. The van der Waals surface area contributed by atoms with Crippen LogP contribution in [0.4, 0.5) is 0 Å². The number of fused-ring (bicyclic) bond motifs is 2. The van der Waals surface area contributed by atoms with Crippen molar-refractivity contribution in [2.24, 2.45) is 0 Å². The molecule has 4 aromatic rings. The SMILES string of the molecule is CCCN(Cc1nc2ccsc2c(=O)[nH]1)C(=O)COCc1nc2ccccc2c(=O)[nH]1. The molecule has 1 aromatic carbocycles. The van der Waals surface area contributed by atoms with Crippen LogP contribution in [0.1, 0.15) is 25.0 Å². The molecule has 1 amide bonds. The Kier molecular flexibility index (Phi) is 6.19. The van der Waals surface area contributed by atoms with Crippen molar-refractivity contribution in [2.45, 2.75) is 26.5 Å². The molecule has 4 rings (SSSR count). The number of carbonyl (C=O) groups is 1. The van der Waals surface area contributed by atoms with Gasteiger partial charge in [0.05, 0.1) is 23.0 Å². The van der Waals surface area contributed by atoms with Crippen LogP contribution in [0.5, 0.6) is 0 Å². The maximum absolute atomic E-state index is 12.7. The van der Waals surface area contributed by atoms with E-state index in [0.29, 0.717) is 39.3 Å². The number of carbonyl (C=O) groups excluding carboxylic acids is 1. The zero-order valence-corrected chi connectivity index (χ0v) is 17.7. The monoisotopic (exact) mass is 439 g/mol. The van der Waals surface area contributed by atoms with Gasteiger partial charge >= 0.3 is 0 Å². The Bertz CT molecular complexity index is 1340. The number of ether oxygens (including phenoxy) is 1. The van der Waals surface area contributed by atoms with Crippen molar-refractivity contribution >= 4 is 38.4 Å². The molecule has 2 N–H and O–H groups in total. The minimum atomic E-state index is -0.248. The number of aromatic amines is 2. The predicted octanol–water partition coefficient (Wildman–Crippen LogP) is 2.18. The largest absolute Gasteiger partial charge is 0.364 e. The van der Waals surface area contributed by atoms with E-state index >= 15 is 0 Å². The number of thiophene rings is 1. The highest BCUT2D eigenvalue weighted by Crippen LogP contribution is 2.14. The smallest absolute Gasteiger partial charge is 0.268 e. The minimum absolute atomic E-state index is 0.00171. The topological polar surface area (TPSA) is 121 Å². The van der Waals surface area contributed by atoms with E-state index < -0.39 is 0 Å². The molecular weight excluding hydrogens is 418 g/mol. The number of para-hydroxylation sites is 1. The van der Waals surface area contributed by atoms with Crippen molar-refractivity contribution in [2.75, 3.05) is 13.2 Å². The van der Waals surface area contributed by atoms with E-state index in [2.05, 4.69) is 19.9 Å². The second kappa shape index (κ2) is 9.19. The Morgan fingerprint density at radius 1 is 1.06 bits per heavy atom. The molecule has 0 saturated heterocycles. The number of nitrogens with zero attached hydrogens (tertiary/aromatic N) is 3. The molecule has 0 aliphatic heterocycles. The van der Waals surface area contributed by atoms with Gasteiger partial charge in [-0.3, -0.25) is 14.4 Å². The number of nitrogens with one attached hydrogen (secondary N) is 2. The maximum atomic E-state index is 12.7. The third-order valence-electron chi connectivity index (χ3n) is 4.68. The van der Waals surface area contributed by atoms with Crippen LogP contribution in [-0.2, 0) is 22.7 Å². The van der Waals surface area contributed by atoms with Crippen LogP contribution in [-0.4, -0.2) is 43.9 Å². The fraction of sp³-hybridized carbons (Fsp3) is 0.286. The molecule has 160 valence electrons. The summed E-state index contributed by atoms with van der Waals surface area (Å²) in [5, 5.41) is 2.31. The summed E-state index contributed by atoms with van der Waals surface area (Å²) in [6, 6.07) is 8.81. The van der Waals surface area contributed by atoms with E-state index in [9.17, 15) is 14.4 Å². The fourth-order valence-corrected chi connectivity index (χ4v) is 3.99. The highest BCUT2D eigenvalue weighted by atomic mass is 32.1. The van der Waals surface area contributed by atoms with Crippen LogP contribution in [0, 0.1) is 0 Å². The molecule has 0 fully saturated rings. The van der Waals surface area contributed by atoms with Crippen LogP contribution >= 0.6 is 11.3 Å². The van der Waals surface area contributed by atoms with Crippen LogP contribution in [0.15, 0.2) is 45.3 Å². The molecule has 0 aliphatic rings. The lowest BCUT2D eigenvalue weighted by Crippen LogP contribution is -2.35. The third kappa shape index (κ3) is 4.70. The van der Waals surface area contributed by atoms with Crippen molar-refractivity contribution in [3.05, 3.63) is 68.1 Å². The van der Waals surface area contributed by atoms with E-state index in [1.807, 2.05) is 12.3 Å². The van der Waals surface area contributed by atoms with Crippen LogP contribution in [0.25, 0.3) is 21.1 Å². The predicted molar refractivity (Wildman–Crippen MR) is 118 cm³/mol. The average Bonchev–Trinajstić information content (AvgIpc) is 3.23. The number of hydrogen-bond acceptors (Lipinski definition) is 7. The summed E-state index contributed by atoms with van der Waals surface area (Å²) < 4.78 is 6.08. The summed E-state index contributed by atoms with van der Waals surface area (Å²) in [5.74, 6) is 0.545. The molecule has 31 heavy (non-hydrogen) atoms. The van der Waals surface area contributed by atoms with Gasteiger partial charge in [0.15, 0.2) is 0 Å². The molecule has 10 heteroatoms. The Morgan fingerprint density at radius 3 is 2.68 bits per heavy atom. The van der Waals surface area contributed by atoms with E-state index in [0.717, 1.165) is 6.42 Å². The highest BCUT2D eigenvalue weighted by Gasteiger charge is 2.16. The van der Waals surface area contributed by atoms with Crippen molar-refractivity contribution < 1.29 is 9.53 Å². The molecule has 0 saturated carbocycles. The van der Waals surface area contributed by atoms with Gasteiger partial charge in [-0.05, 0) is 30.0 Å². The first-order valence-electron chi connectivity index (χ1n) is 9.85. The lowest BCUT2D eigenvalue weighted by Gasteiger charge is -2.21. The molecule has 0 radical (unpaired) electrons. The Morgan fingerprint density at radius 2 is 1.84 bits per heavy atom. The normalized spacial score (nSPS) is 11.3. The maximum Gasteiger partial charge on any atom is 0.268 e. The first kappa shape index (κ1) is 20.9. The number of hydrogen-bond donors (Lipinski definition) is 2. The van der Waals surface area contributed by atoms with Gasteiger partial charge in [0.2, 0.25) is 5.91 Å². The number of H-pyrrole nitrogens is 2. The summed E-state index contributed by atoms with van der Waals surface area (Å²) in [4.78, 5) is 52.8. The van der Waals surface area contributed by atoms with Gasteiger partial charge in [-0.15, -0.1) is 11.3 Å². The Labute approximate surface area is 180 Å². The van der Waals surface area contributed by atoms with Gasteiger partial charge in [0.1, 0.15) is 29.6 Å². The average molecular weight is 439 g/mol. The number of aromatic nitrogens is 4. The fourth-order valence-electron chi connectivity index (χ4n) is 3.27. The summed E-state index contributed by atoms with van der Waals surface area (Å²) >= 11 is 1.33. The van der Waals surface area contributed by atoms with Gasteiger partial charge in [-0.1, -0.05) is 19.1 Å². The third-order valence-corrected chi connectivity index (χ3v) is 5.58. The highest BCUT2D eigenvalue weighted by molar-refractivity contribution is 7.17. The first-order valence-corrected chi connectivity index (χ1v) is 10.7. The van der Waals surface area contributed by atoms with Crippen molar-refractivity contribution in [1.82, 2.24) is 24.8 Å². The molecule has 0 atom stereocenters. The van der Waals surface area contributed by atoms with Crippen LogP contribution < -0.4 is 11.1 Å². The number of rotatable bonds is 8. The van der Waals surface area contributed by atoms with Gasteiger partial charge in [0.25, 0.3) is 11.1 Å². The van der Waals surface area contributed by atoms with E-state index in [1.165, 1.54) is 11.3 Å². The molecule has 0 aliphatic carbocycles. The summed E-state index contributed by atoms with van der Waals surface area (Å²) in [6.45, 7) is 2.47. The lowest BCUT2D eigenvalue weighted by atomic mass is 10.2. The van der Waals surface area contributed by atoms with Crippen molar-refractivity contribution in [3.63, 3.8) is 0 Å². The molecule has 9 nitrogen and oxygen atoms in total. The number of benzene rings is 1.